The third-order valence-electron chi connectivity index (χ3n) is 2.93. The standard InChI is InChI=1S/C14H15N3O5S/c1-9-4-5-10(7-12(9)23(15,20)21)17-13(18)8-16-14(19)11-3-2-6-22-11/h2-7H,8H2,1H3,(H,16,19)(H,17,18)(H2,15,20,21). The molecule has 4 N–H and O–H groups in total. The summed E-state index contributed by atoms with van der Waals surface area (Å²) in [5.41, 5.74) is 0.730. The summed E-state index contributed by atoms with van der Waals surface area (Å²) < 4.78 is 27.8. The molecule has 9 heteroatoms. The summed E-state index contributed by atoms with van der Waals surface area (Å²) in [6.07, 6.45) is 1.34. The van der Waals surface area contributed by atoms with Gasteiger partial charge in [0.15, 0.2) is 5.76 Å². The average Bonchev–Trinajstić information content (AvgIpc) is 3.00. The van der Waals surface area contributed by atoms with E-state index in [1.807, 2.05) is 0 Å². The van der Waals surface area contributed by atoms with E-state index >= 15 is 0 Å². The smallest absolute Gasteiger partial charge is 0.287 e. The van der Waals surface area contributed by atoms with Crippen molar-refractivity contribution >= 4 is 27.5 Å². The van der Waals surface area contributed by atoms with Crippen molar-refractivity contribution in [2.24, 2.45) is 5.14 Å². The van der Waals surface area contributed by atoms with E-state index in [9.17, 15) is 18.0 Å². The molecule has 1 heterocycles. The van der Waals surface area contributed by atoms with E-state index in [0.717, 1.165) is 0 Å². The van der Waals surface area contributed by atoms with Crippen molar-refractivity contribution in [1.29, 1.82) is 0 Å². The Morgan fingerprint density at radius 1 is 1.26 bits per heavy atom. The summed E-state index contributed by atoms with van der Waals surface area (Å²) in [4.78, 5) is 23.3. The fourth-order valence-corrected chi connectivity index (χ4v) is 2.65. The number of carbonyl (C=O) groups is 2. The Balaban J connectivity index is 1.99. The topological polar surface area (TPSA) is 132 Å². The third kappa shape index (κ3) is 4.41. The number of carbonyl (C=O) groups excluding carboxylic acids is 2. The van der Waals surface area contributed by atoms with E-state index in [4.69, 9.17) is 9.56 Å². The van der Waals surface area contributed by atoms with Crippen molar-refractivity contribution in [3.05, 3.63) is 47.9 Å². The van der Waals surface area contributed by atoms with Crippen molar-refractivity contribution in [3.8, 4) is 0 Å². The van der Waals surface area contributed by atoms with Crippen LogP contribution in [0.1, 0.15) is 16.1 Å². The normalized spacial score (nSPS) is 11.0. The number of sulfonamides is 1. The van der Waals surface area contributed by atoms with E-state index in [0.29, 0.717) is 5.56 Å². The second kappa shape index (κ2) is 6.63. The first-order valence-electron chi connectivity index (χ1n) is 6.52. The fourth-order valence-electron chi connectivity index (χ4n) is 1.84. The van der Waals surface area contributed by atoms with Crippen LogP contribution >= 0.6 is 0 Å². The van der Waals surface area contributed by atoms with Gasteiger partial charge < -0.3 is 15.1 Å². The van der Waals surface area contributed by atoms with Crippen LogP contribution in [0.25, 0.3) is 0 Å². The highest BCUT2D eigenvalue weighted by Gasteiger charge is 2.14. The number of hydrogen-bond acceptors (Lipinski definition) is 5. The van der Waals surface area contributed by atoms with Crippen LogP contribution in [0.3, 0.4) is 0 Å². The number of primary sulfonamides is 1. The van der Waals surface area contributed by atoms with Crippen molar-refractivity contribution < 1.29 is 22.4 Å². The van der Waals surface area contributed by atoms with Crippen LogP contribution in [0.15, 0.2) is 45.9 Å². The summed E-state index contributed by atoms with van der Waals surface area (Å²) in [5.74, 6) is -0.960. The largest absolute Gasteiger partial charge is 0.459 e. The molecule has 122 valence electrons. The molecule has 2 rings (SSSR count). The zero-order valence-electron chi connectivity index (χ0n) is 12.2. The van der Waals surface area contributed by atoms with Gasteiger partial charge in [-0.1, -0.05) is 6.07 Å². The van der Waals surface area contributed by atoms with Crippen LogP contribution in [0.5, 0.6) is 0 Å². The zero-order valence-corrected chi connectivity index (χ0v) is 13.0. The molecule has 2 amide bonds. The van der Waals surface area contributed by atoms with Crippen LogP contribution < -0.4 is 15.8 Å². The fraction of sp³-hybridized carbons (Fsp3) is 0.143. The number of anilines is 1. The van der Waals surface area contributed by atoms with E-state index in [2.05, 4.69) is 10.6 Å². The van der Waals surface area contributed by atoms with Gasteiger partial charge in [-0.2, -0.15) is 0 Å². The third-order valence-corrected chi connectivity index (χ3v) is 3.99. The number of rotatable bonds is 5. The van der Waals surface area contributed by atoms with Crippen LogP contribution in [0.2, 0.25) is 0 Å². The van der Waals surface area contributed by atoms with Gasteiger partial charge >= 0.3 is 0 Å². The molecule has 0 radical (unpaired) electrons. The lowest BCUT2D eigenvalue weighted by Crippen LogP contribution is -2.32. The lowest BCUT2D eigenvalue weighted by molar-refractivity contribution is -0.115. The number of aryl methyl sites for hydroxylation is 1. The van der Waals surface area contributed by atoms with Crippen LogP contribution in [-0.4, -0.2) is 26.8 Å². The molecule has 2 aromatic rings. The van der Waals surface area contributed by atoms with Crippen molar-refractivity contribution in [2.75, 3.05) is 11.9 Å². The van der Waals surface area contributed by atoms with Gasteiger partial charge in [-0.3, -0.25) is 9.59 Å². The van der Waals surface area contributed by atoms with Crippen LogP contribution in [-0.2, 0) is 14.8 Å². The van der Waals surface area contributed by atoms with Crippen molar-refractivity contribution in [3.63, 3.8) is 0 Å². The minimum absolute atomic E-state index is 0.0741. The summed E-state index contributed by atoms with van der Waals surface area (Å²) in [5, 5.41) is 9.95. The Morgan fingerprint density at radius 3 is 2.61 bits per heavy atom. The van der Waals surface area contributed by atoms with Gasteiger partial charge in [-0.15, -0.1) is 0 Å². The van der Waals surface area contributed by atoms with Gasteiger partial charge in [0.1, 0.15) is 0 Å². The molecular formula is C14H15N3O5S. The Labute approximate surface area is 132 Å². The van der Waals surface area contributed by atoms with Gasteiger partial charge in [0.25, 0.3) is 5.91 Å². The maximum absolute atomic E-state index is 11.8. The maximum atomic E-state index is 11.8. The van der Waals surface area contributed by atoms with Gasteiger partial charge in [0, 0.05) is 5.69 Å². The highest BCUT2D eigenvalue weighted by molar-refractivity contribution is 7.89. The molecule has 0 atom stereocenters. The molecule has 0 unspecified atom stereocenters. The molecular weight excluding hydrogens is 322 g/mol. The SMILES string of the molecule is Cc1ccc(NC(=O)CNC(=O)c2ccco2)cc1S(N)(=O)=O. The quantitative estimate of drug-likeness (QED) is 0.735. The van der Waals surface area contributed by atoms with Crippen molar-refractivity contribution in [2.45, 2.75) is 11.8 Å². The summed E-state index contributed by atoms with van der Waals surface area (Å²) >= 11 is 0. The number of benzene rings is 1. The molecule has 0 saturated carbocycles. The lowest BCUT2D eigenvalue weighted by Gasteiger charge is -2.09. The highest BCUT2D eigenvalue weighted by Crippen LogP contribution is 2.18. The minimum atomic E-state index is -3.88. The molecule has 0 spiro atoms. The number of furan rings is 1. The first kappa shape index (κ1) is 16.7. The summed E-state index contributed by atoms with van der Waals surface area (Å²) in [6, 6.07) is 7.34. The molecule has 0 fully saturated rings. The predicted molar refractivity (Wildman–Crippen MR) is 82.2 cm³/mol. The number of amides is 2. The second-order valence-electron chi connectivity index (χ2n) is 4.73. The number of nitrogens with one attached hydrogen (secondary N) is 2. The van der Waals surface area contributed by atoms with E-state index < -0.39 is 21.8 Å². The Bertz CT molecular complexity index is 828. The number of nitrogens with two attached hydrogens (primary N) is 1. The molecule has 1 aromatic heterocycles. The van der Waals surface area contributed by atoms with Gasteiger partial charge in [-0.25, -0.2) is 13.6 Å². The average molecular weight is 337 g/mol. The second-order valence-corrected chi connectivity index (χ2v) is 6.26. The Kier molecular flexibility index (Phi) is 4.82. The predicted octanol–water partition coefficient (Wildman–Crippen LogP) is 0.604. The molecule has 8 nitrogen and oxygen atoms in total. The molecule has 23 heavy (non-hydrogen) atoms. The Morgan fingerprint density at radius 2 is 2.00 bits per heavy atom. The van der Waals surface area contributed by atoms with Crippen molar-refractivity contribution in [1.82, 2.24) is 5.32 Å². The van der Waals surface area contributed by atoms with Crippen LogP contribution in [0, 0.1) is 6.92 Å². The molecule has 0 aliphatic heterocycles. The summed E-state index contributed by atoms with van der Waals surface area (Å²) in [7, 11) is -3.88. The highest BCUT2D eigenvalue weighted by atomic mass is 32.2. The molecule has 0 aliphatic carbocycles. The Hall–Kier alpha value is -2.65. The monoisotopic (exact) mass is 337 g/mol. The van der Waals surface area contributed by atoms with Crippen LogP contribution in [0.4, 0.5) is 5.69 Å². The van der Waals surface area contributed by atoms with Gasteiger partial charge in [-0.05, 0) is 36.8 Å². The van der Waals surface area contributed by atoms with E-state index in [-0.39, 0.29) is 22.9 Å². The first-order valence-corrected chi connectivity index (χ1v) is 8.07. The minimum Gasteiger partial charge on any atom is -0.459 e. The number of hydrogen-bond donors (Lipinski definition) is 3. The molecule has 0 bridgehead atoms. The molecule has 1 aromatic carbocycles. The van der Waals surface area contributed by atoms with Gasteiger partial charge in [0.05, 0.1) is 17.7 Å². The molecule has 0 aliphatic rings. The zero-order chi connectivity index (χ0) is 17.0. The van der Waals surface area contributed by atoms with E-state index in [1.54, 1.807) is 13.0 Å². The first-order chi connectivity index (χ1) is 10.8. The molecule has 0 saturated heterocycles. The lowest BCUT2D eigenvalue weighted by atomic mass is 10.2. The maximum Gasteiger partial charge on any atom is 0.287 e. The van der Waals surface area contributed by atoms with E-state index in [1.165, 1.54) is 30.5 Å². The summed E-state index contributed by atoms with van der Waals surface area (Å²) in [6.45, 7) is 1.30. The van der Waals surface area contributed by atoms with Gasteiger partial charge in [0.2, 0.25) is 15.9 Å².